The SMILES string of the molecule is COCCN(C)C1Cc2ccccc2C1O. The molecule has 3 nitrogen and oxygen atoms in total. The van der Waals surface area contributed by atoms with Crippen molar-refractivity contribution in [3.05, 3.63) is 35.4 Å². The van der Waals surface area contributed by atoms with Crippen LogP contribution in [0.2, 0.25) is 0 Å². The van der Waals surface area contributed by atoms with E-state index in [1.54, 1.807) is 7.11 Å². The fourth-order valence-corrected chi connectivity index (χ4v) is 2.35. The maximum absolute atomic E-state index is 10.2. The summed E-state index contributed by atoms with van der Waals surface area (Å²) in [6.07, 6.45) is 0.565. The summed E-state index contributed by atoms with van der Waals surface area (Å²) in [4.78, 5) is 2.17. The van der Waals surface area contributed by atoms with Crippen LogP contribution in [0.25, 0.3) is 0 Å². The minimum Gasteiger partial charge on any atom is -0.387 e. The highest BCUT2D eigenvalue weighted by molar-refractivity contribution is 5.35. The Morgan fingerprint density at radius 2 is 2.19 bits per heavy atom. The van der Waals surface area contributed by atoms with E-state index in [-0.39, 0.29) is 12.1 Å². The molecule has 0 aliphatic heterocycles. The first kappa shape index (κ1) is 11.6. The van der Waals surface area contributed by atoms with Crippen molar-refractivity contribution >= 4 is 0 Å². The van der Waals surface area contributed by atoms with Crippen LogP contribution in [0.1, 0.15) is 17.2 Å². The predicted octanol–water partition coefficient (Wildman–Crippen LogP) is 1.22. The summed E-state index contributed by atoms with van der Waals surface area (Å²) >= 11 is 0. The van der Waals surface area contributed by atoms with Crippen LogP contribution in [-0.4, -0.2) is 43.4 Å². The van der Waals surface area contributed by atoms with Crippen LogP contribution in [0.3, 0.4) is 0 Å². The Hall–Kier alpha value is -0.900. The molecule has 16 heavy (non-hydrogen) atoms. The monoisotopic (exact) mass is 221 g/mol. The van der Waals surface area contributed by atoms with Gasteiger partial charge in [0.05, 0.1) is 12.7 Å². The van der Waals surface area contributed by atoms with Crippen LogP contribution >= 0.6 is 0 Å². The van der Waals surface area contributed by atoms with Gasteiger partial charge in [0, 0.05) is 19.7 Å². The van der Waals surface area contributed by atoms with E-state index in [9.17, 15) is 5.11 Å². The third-order valence-corrected chi connectivity index (χ3v) is 3.38. The number of methoxy groups -OCH3 is 1. The summed E-state index contributed by atoms with van der Waals surface area (Å²) in [5.41, 5.74) is 2.35. The second kappa shape index (κ2) is 4.95. The number of nitrogens with zero attached hydrogens (tertiary/aromatic N) is 1. The minimum absolute atomic E-state index is 0.188. The van der Waals surface area contributed by atoms with Crippen LogP contribution in [0.5, 0.6) is 0 Å². The maximum atomic E-state index is 10.2. The number of aliphatic hydroxyl groups excluding tert-OH is 1. The van der Waals surface area contributed by atoms with Gasteiger partial charge in [0.15, 0.2) is 0 Å². The summed E-state index contributed by atoms with van der Waals surface area (Å²) < 4.78 is 5.06. The Morgan fingerprint density at radius 3 is 2.88 bits per heavy atom. The highest BCUT2D eigenvalue weighted by Gasteiger charge is 2.32. The first-order valence-electron chi connectivity index (χ1n) is 5.69. The summed E-state index contributed by atoms with van der Waals surface area (Å²) in [6.45, 7) is 1.56. The molecule has 1 aliphatic carbocycles. The van der Waals surface area contributed by atoms with Gasteiger partial charge in [0.2, 0.25) is 0 Å². The highest BCUT2D eigenvalue weighted by Crippen LogP contribution is 2.33. The number of hydrogen-bond donors (Lipinski definition) is 1. The average molecular weight is 221 g/mol. The van der Waals surface area contributed by atoms with Gasteiger partial charge in [-0.25, -0.2) is 0 Å². The minimum atomic E-state index is -0.363. The Labute approximate surface area is 96.6 Å². The topological polar surface area (TPSA) is 32.7 Å². The number of rotatable bonds is 4. The van der Waals surface area contributed by atoms with Crippen LogP contribution in [0, 0.1) is 0 Å². The molecule has 2 unspecified atom stereocenters. The fourth-order valence-electron chi connectivity index (χ4n) is 2.35. The van der Waals surface area contributed by atoms with E-state index in [1.807, 2.05) is 25.2 Å². The largest absolute Gasteiger partial charge is 0.387 e. The Morgan fingerprint density at radius 1 is 1.44 bits per heavy atom. The van der Waals surface area contributed by atoms with Crippen molar-refractivity contribution in [2.75, 3.05) is 27.3 Å². The molecule has 0 bridgehead atoms. The molecule has 1 aromatic rings. The van der Waals surface area contributed by atoms with Crippen molar-refractivity contribution in [2.45, 2.75) is 18.6 Å². The molecule has 0 aromatic heterocycles. The molecule has 0 saturated carbocycles. The molecule has 0 fully saturated rings. The van der Waals surface area contributed by atoms with Crippen LogP contribution in [0.4, 0.5) is 0 Å². The first-order chi connectivity index (χ1) is 7.74. The fraction of sp³-hybridized carbons (Fsp3) is 0.538. The van der Waals surface area contributed by atoms with Crippen molar-refractivity contribution in [2.24, 2.45) is 0 Å². The van der Waals surface area contributed by atoms with E-state index < -0.39 is 0 Å². The Balaban J connectivity index is 2.06. The van der Waals surface area contributed by atoms with Crippen LogP contribution in [0.15, 0.2) is 24.3 Å². The lowest BCUT2D eigenvalue weighted by molar-refractivity contribution is 0.0591. The van der Waals surface area contributed by atoms with Gasteiger partial charge in [-0.1, -0.05) is 24.3 Å². The molecule has 0 heterocycles. The van der Waals surface area contributed by atoms with Gasteiger partial charge in [0.1, 0.15) is 0 Å². The third kappa shape index (κ3) is 2.12. The van der Waals surface area contributed by atoms with Gasteiger partial charge in [-0.05, 0) is 24.6 Å². The van der Waals surface area contributed by atoms with E-state index in [2.05, 4.69) is 11.0 Å². The molecule has 0 spiro atoms. The molecule has 88 valence electrons. The summed E-state index contributed by atoms with van der Waals surface area (Å²) in [7, 11) is 3.74. The zero-order valence-electron chi connectivity index (χ0n) is 9.89. The van der Waals surface area contributed by atoms with Crippen molar-refractivity contribution in [1.82, 2.24) is 4.90 Å². The second-order valence-electron chi connectivity index (χ2n) is 4.39. The van der Waals surface area contributed by atoms with E-state index in [0.29, 0.717) is 6.61 Å². The number of likely N-dealkylation sites (N-methyl/N-ethyl adjacent to an activating group) is 1. The quantitative estimate of drug-likeness (QED) is 0.830. The van der Waals surface area contributed by atoms with E-state index in [0.717, 1.165) is 18.5 Å². The summed E-state index contributed by atoms with van der Waals surface area (Å²) in [6, 6.07) is 8.32. The maximum Gasteiger partial charge on any atom is 0.0950 e. The second-order valence-corrected chi connectivity index (χ2v) is 4.39. The molecule has 0 saturated heterocycles. The summed E-state index contributed by atoms with van der Waals surface area (Å²) in [5.74, 6) is 0. The number of aliphatic hydroxyl groups is 1. The number of fused-ring (bicyclic) bond motifs is 1. The number of hydrogen-bond acceptors (Lipinski definition) is 3. The zero-order chi connectivity index (χ0) is 11.5. The van der Waals surface area contributed by atoms with Crippen molar-refractivity contribution < 1.29 is 9.84 Å². The molecule has 0 amide bonds. The molecule has 3 heteroatoms. The summed E-state index contributed by atoms with van der Waals surface area (Å²) in [5, 5.41) is 10.2. The van der Waals surface area contributed by atoms with Gasteiger partial charge in [0.25, 0.3) is 0 Å². The Bertz CT molecular complexity index is 354. The van der Waals surface area contributed by atoms with Crippen molar-refractivity contribution in [3.63, 3.8) is 0 Å². The van der Waals surface area contributed by atoms with Gasteiger partial charge < -0.3 is 9.84 Å². The van der Waals surface area contributed by atoms with Crippen LogP contribution < -0.4 is 0 Å². The standard InChI is InChI=1S/C13H19NO2/c1-14(7-8-16-2)12-9-10-5-3-4-6-11(10)13(12)15/h3-6,12-13,15H,7-9H2,1-2H3. The molecule has 2 rings (SSSR count). The van der Waals surface area contributed by atoms with E-state index in [4.69, 9.17) is 4.74 Å². The number of benzene rings is 1. The normalized spacial score (nSPS) is 23.8. The molecular formula is C13H19NO2. The van der Waals surface area contributed by atoms with E-state index >= 15 is 0 Å². The molecule has 1 aliphatic rings. The van der Waals surface area contributed by atoms with Crippen molar-refractivity contribution in [3.8, 4) is 0 Å². The van der Waals surface area contributed by atoms with E-state index in [1.165, 1.54) is 5.56 Å². The molecule has 2 atom stereocenters. The third-order valence-electron chi connectivity index (χ3n) is 3.38. The predicted molar refractivity (Wildman–Crippen MR) is 63.4 cm³/mol. The first-order valence-corrected chi connectivity index (χ1v) is 5.69. The Kier molecular flexibility index (Phi) is 3.59. The highest BCUT2D eigenvalue weighted by atomic mass is 16.5. The molecule has 0 radical (unpaired) electrons. The van der Waals surface area contributed by atoms with Gasteiger partial charge in [-0.3, -0.25) is 4.90 Å². The lowest BCUT2D eigenvalue weighted by Crippen LogP contribution is -2.37. The molecule has 1 aromatic carbocycles. The lowest BCUT2D eigenvalue weighted by atomic mass is 10.1. The van der Waals surface area contributed by atoms with Gasteiger partial charge in [-0.2, -0.15) is 0 Å². The molecular weight excluding hydrogens is 202 g/mol. The average Bonchev–Trinajstić information content (AvgIpc) is 2.64. The van der Waals surface area contributed by atoms with Crippen molar-refractivity contribution in [1.29, 1.82) is 0 Å². The van der Waals surface area contributed by atoms with Gasteiger partial charge >= 0.3 is 0 Å². The lowest BCUT2D eigenvalue weighted by Gasteiger charge is -2.26. The zero-order valence-corrected chi connectivity index (χ0v) is 9.89. The number of ether oxygens (including phenoxy) is 1. The smallest absolute Gasteiger partial charge is 0.0950 e. The van der Waals surface area contributed by atoms with Crippen LogP contribution in [-0.2, 0) is 11.2 Å². The molecule has 1 N–H and O–H groups in total. The van der Waals surface area contributed by atoms with Gasteiger partial charge in [-0.15, -0.1) is 0 Å².